The summed E-state index contributed by atoms with van der Waals surface area (Å²) in [6, 6.07) is 10.1. The standard InChI is InChI=1S/C15H20N2OS/c1-11(10-13(16)19)17(2)14(18)15(8-9-15)12-6-4-3-5-7-12/h3-7,11H,8-10H2,1-2H3,(H2,16,19). The van der Waals surface area contributed by atoms with Crippen molar-refractivity contribution in [1.82, 2.24) is 4.90 Å². The Morgan fingerprint density at radius 2 is 2.00 bits per heavy atom. The Bertz CT molecular complexity index is 482. The average molecular weight is 276 g/mol. The van der Waals surface area contributed by atoms with Gasteiger partial charge in [-0.2, -0.15) is 0 Å². The molecule has 1 amide bonds. The van der Waals surface area contributed by atoms with E-state index in [9.17, 15) is 4.79 Å². The SMILES string of the molecule is CC(CC(N)=S)N(C)C(=O)C1(c2ccccc2)CC1. The van der Waals surface area contributed by atoms with Crippen LogP contribution in [-0.2, 0) is 10.2 Å². The number of rotatable bonds is 5. The van der Waals surface area contributed by atoms with Crippen LogP contribution < -0.4 is 5.73 Å². The van der Waals surface area contributed by atoms with E-state index in [1.165, 1.54) is 0 Å². The van der Waals surface area contributed by atoms with Crippen LogP contribution in [0.3, 0.4) is 0 Å². The molecule has 19 heavy (non-hydrogen) atoms. The molecule has 0 bridgehead atoms. The summed E-state index contributed by atoms with van der Waals surface area (Å²) >= 11 is 4.92. The quantitative estimate of drug-likeness (QED) is 0.839. The third-order valence-electron chi connectivity index (χ3n) is 3.96. The first-order chi connectivity index (χ1) is 8.97. The fourth-order valence-corrected chi connectivity index (χ4v) is 2.72. The predicted molar refractivity (Wildman–Crippen MR) is 81.0 cm³/mol. The van der Waals surface area contributed by atoms with Crippen LogP contribution in [0.2, 0.25) is 0 Å². The second-order valence-electron chi connectivity index (χ2n) is 5.38. The summed E-state index contributed by atoms with van der Waals surface area (Å²) in [5, 5.41) is 0. The lowest BCUT2D eigenvalue weighted by molar-refractivity contribution is -0.134. The molecule has 1 aliphatic carbocycles. The number of benzene rings is 1. The molecule has 1 atom stereocenters. The number of amides is 1. The predicted octanol–water partition coefficient (Wildman–Crippen LogP) is 2.24. The van der Waals surface area contributed by atoms with Crippen LogP contribution in [0.4, 0.5) is 0 Å². The van der Waals surface area contributed by atoms with Gasteiger partial charge in [0.25, 0.3) is 0 Å². The van der Waals surface area contributed by atoms with Gasteiger partial charge in [-0.1, -0.05) is 42.5 Å². The molecular formula is C15H20N2OS. The monoisotopic (exact) mass is 276 g/mol. The van der Waals surface area contributed by atoms with Gasteiger partial charge in [0.05, 0.1) is 10.4 Å². The molecule has 0 saturated heterocycles. The van der Waals surface area contributed by atoms with Crippen LogP contribution >= 0.6 is 12.2 Å². The lowest BCUT2D eigenvalue weighted by atomic mass is 9.94. The minimum absolute atomic E-state index is 0.0474. The molecule has 2 rings (SSSR count). The molecule has 1 aromatic carbocycles. The number of nitrogens with zero attached hydrogens (tertiary/aromatic N) is 1. The van der Waals surface area contributed by atoms with Crippen LogP contribution in [0, 0.1) is 0 Å². The first-order valence-corrected chi connectivity index (χ1v) is 6.99. The molecule has 3 nitrogen and oxygen atoms in total. The van der Waals surface area contributed by atoms with Gasteiger partial charge in [-0.25, -0.2) is 0 Å². The summed E-state index contributed by atoms with van der Waals surface area (Å²) in [5.41, 5.74) is 6.38. The molecule has 4 heteroatoms. The van der Waals surface area contributed by atoms with Gasteiger partial charge in [0.15, 0.2) is 0 Å². The summed E-state index contributed by atoms with van der Waals surface area (Å²) in [6.45, 7) is 1.98. The molecular weight excluding hydrogens is 256 g/mol. The van der Waals surface area contributed by atoms with Crippen molar-refractivity contribution in [3.63, 3.8) is 0 Å². The fourth-order valence-electron chi connectivity index (χ4n) is 2.47. The molecule has 0 radical (unpaired) electrons. The topological polar surface area (TPSA) is 46.3 Å². The Hall–Kier alpha value is -1.42. The number of carbonyl (C=O) groups is 1. The zero-order valence-corrected chi connectivity index (χ0v) is 12.2. The Labute approximate surface area is 119 Å². The van der Waals surface area contributed by atoms with Gasteiger partial charge >= 0.3 is 0 Å². The molecule has 1 saturated carbocycles. The van der Waals surface area contributed by atoms with Gasteiger partial charge in [-0.15, -0.1) is 0 Å². The lowest BCUT2D eigenvalue weighted by Gasteiger charge is -2.29. The molecule has 2 N–H and O–H groups in total. The van der Waals surface area contributed by atoms with E-state index in [-0.39, 0.29) is 17.4 Å². The zero-order chi connectivity index (χ0) is 14.0. The highest BCUT2D eigenvalue weighted by Crippen LogP contribution is 2.49. The summed E-state index contributed by atoms with van der Waals surface area (Å²) in [6.07, 6.45) is 2.43. The van der Waals surface area contributed by atoms with E-state index in [1.54, 1.807) is 4.90 Å². The van der Waals surface area contributed by atoms with Crippen molar-refractivity contribution in [2.75, 3.05) is 7.05 Å². The number of carbonyl (C=O) groups excluding carboxylic acids is 1. The van der Waals surface area contributed by atoms with Crippen LogP contribution in [0.5, 0.6) is 0 Å². The summed E-state index contributed by atoms with van der Waals surface area (Å²) in [4.78, 5) is 14.9. The molecule has 0 heterocycles. The van der Waals surface area contributed by atoms with E-state index in [1.807, 2.05) is 44.3 Å². The fraction of sp³-hybridized carbons (Fsp3) is 0.467. The van der Waals surface area contributed by atoms with Crippen molar-refractivity contribution >= 4 is 23.1 Å². The highest BCUT2D eigenvalue weighted by Gasteiger charge is 2.52. The van der Waals surface area contributed by atoms with Crippen LogP contribution in [-0.4, -0.2) is 28.9 Å². The molecule has 102 valence electrons. The number of likely N-dealkylation sites (N-methyl/N-ethyl adjacent to an activating group) is 1. The first-order valence-electron chi connectivity index (χ1n) is 6.58. The molecule has 0 aliphatic heterocycles. The molecule has 1 aromatic rings. The minimum Gasteiger partial charge on any atom is -0.393 e. The smallest absolute Gasteiger partial charge is 0.233 e. The van der Waals surface area contributed by atoms with Crippen LogP contribution in [0.25, 0.3) is 0 Å². The Kier molecular flexibility index (Phi) is 3.90. The number of nitrogens with two attached hydrogens (primary N) is 1. The van der Waals surface area contributed by atoms with E-state index in [4.69, 9.17) is 18.0 Å². The van der Waals surface area contributed by atoms with Gasteiger partial charge in [0.1, 0.15) is 0 Å². The van der Waals surface area contributed by atoms with Crippen LogP contribution in [0.1, 0.15) is 31.7 Å². The third-order valence-corrected chi connectivity index (χ3v) is 4.13. The van der Waals surface area contributed by atoms with Gasteiger partial charge in [0.2, 0.25) is 5.91 Å². The molecule has 1 fully saturated rings. The largest absolute Gasteiger partial charge is 0.393 e. The minimum atomic E-state index is -0.305. The number of hydrogen-bond donors (Lipinski definition) is 1. The van der Waals surface area contributed by atoms with Crippen molar-refractivity contribution in [3.05, 3.63) is 35.9 Å². The Morgan fingerprint density at radius 3 is 2.47 bits per heavy atom. The Balaban J connectivity index is 2.14. The van der Waals surface area contributed by atoms with Crippen molar-refractivity contribution in [1.29, 1.82) is 0 Å². The number of hydrogen-bond acceptors (Lipinski definition) is 2. The lowest BCUT2D eigenvalue weighted by Crippen LogP contribution is -2.43. The third kappa shape index (κ3) is 2.78. The first kappa shape index (κ1) is 14.0. The second kappa shape index (κ2) is 5.29. The molecule has 1 unspecified atom stereocenters. The molecule has 0 aromatic heterocycles. The van der Waals surface area contributed by atoms with Gasteiger partial charge in [0, 0.05) is 19.5 Å². The summed E-state index contributed by atoms with van der Waals surface area (Å²) in [7, 11) is 1.84. The van der Waals surface area contributed by atoms with Crippen molar-refractivity contribution in [2.24, 2.45) is 5.73 Å². The van der Waals surface area contributed by atoms with Gasteiger partial charge < -0.3 is 10.6 Å². The normalized spacial score (nSPS) is 17.6. The number of thiocarbonyl (C=S) groups is 1. The Morgan fingerprint density at radius 1 is 1.42 bits per heavy atom. The van der Waals surface area contributed by atoms with Crippen molar-refractivity contribution in [2.45, 2.75) is 37.6 Å². The summed E-state index contributed by atoms with van der Waals surface area (Å²) in [5.74, 6) is 0.183. The highest BCUT2D eigenvalue weighted by molar-refractivity contribution is 7.80. The summed E-state index contributed by atoms with van der Waals surface area (Å²) < 4.78 is 0. The van der Waals surface area contributed by atoms with Crippen molar-refractivity contribution in [3.8, 4) is 0 Å². The van der Waals surface area contributed by atoms with Crippen molar-refractivity contribution < 1.29 is 4.79 Å². The van der Waals surface area contributed by atoms with Gasteiger partial charge in [-0.3, -0.25) is 4.79 Å². The van der Waals surface area contributed by atoms with Crippen LogP contribution in [0.15, 0.2) is 30.3 Å². The van der Waals surface area contributed by atoms with E-state index in [0.717, 1.165) is 18.4 Å². The maximum atomic E-state index is 12.7. The highest BCUT2D eigenvalue weighted by atomic mass is 32.1. The van der Waals surface area contributed by atoms with Gasteiger partial charge in [-0.05, 0) is 25.3 Å². The zero-order valence-electron chi connectivity index (χ0n) is 11.4. The average Bonchev–Trinajstić information content (AvgIpc) is 3.18. The maximum absolute atomic E-state index is 12.7. The molecule has 1 aliphatic rings. The van der Waals surface area contributed by atoms with E-state index >= 15 is 0 Å². The maximum Gasteiger partial charge on any atom is 0.233 e. The van der Waals surface area contributed by atoms with E-state index < -0.39 is 0 Å². The van der Waals surface area contributed by atoms with E-state index in [0.29, 0.717) is 11.4 Å². The molecule has 0 spiro atoms. The second-order valence-corrected chi connectivity index (χ2v) is 5.91. The van der Waals surface area contributed by atoms with E-state index in [2.05, 4.69) is 0 Å².